The van der Waals surface area contributed by atoms with Gasteiger partial charge in [0.1, 0.15) is 5.75 Å². The Morgan fingerprint density at radius 3 is 2.36 bits per heavy atom. The van der Waals surface area contributed by atoms with Crippen molar-refractivity contribution in [2.45, 2.75) is 70.4 Å². The summed E-state index contributed by atoms with van der Waals surface area (Å²) < 4.78 is 19.5. The van der Waals surface area contributed by atoms with Crippen LogP contribution in [0.25, 0.3) is 11.1 Å². The second kappa shape index (κ2) is 10.2. The summed E-state index contributed by atoms with van der Waals surface area (Å²) in [5, 5.41) is 0. The van der Waals surface area contributed by atoms with Gasteiger partial charge in [-0.3, -0.25) is 4.79 Å². The molecule has 36 heavy (non-hydrogen) atoms. The summed E-state index contributed by atoms with van der Waals surface area (Å²) in [6, 6.07) is 16.2. The van der Waals surface area contributed by atoms with E-state index < -0.39 is 5.95 Å². The van der Waals surface area contributed by atoms with Crippen LogP contribution < -0.4 is 15.4 Å². The molecule has 0 spiro atoms. The predicted molar refractivity (Wildman–Crippen MR) is 143 cm³/mol. The molecule has 2 aromatic rings. The number of benzene rings is 2. The fourth-order valence-electron chi connectivity index (χ4n) is 5.56. The number of carbonyl (C=O) groups is 1. The van der Waals surface area contributed by atoms with Gasteiger partial charge >= 0.3 is 0 Å². The number of amides is 1. The Hall–Kier alpha value is -2.99. The summed E-state index contributed by atoms with van der Waals surface area (Å²) in [5.41, 5.74) is 10.2. The van der Waals surface area contributed by atoms with Crippen LogP contribution in [-0.4, -0.2) is 29.8 Å². The topological polar surface area (TPSA) is 67.9 Å². The van der Waals surface area contributed by atoms with Crippen molar-refractivity contribution in [1.82, 2.24) is 0 Å². The minimum Gasteiger partial charge on any atom is -0.491 e. The summed E-state index contributed by atoms with van der Waals surface area (Å²) in [5.74, 6) is 0.411. The average molecular weight is 490 g/mol. The van der Waals surface area contributed by atoms with Crippen LogP contribution in [0.5, 0.6) is 5.75 Å². The minimum absolute atomic E-state index is 0.0441. The highest BCUT2D eigenvalue weighted by Crippen LogP contribution is 2.44. The monoisotopic (exact) mass is 489 g/mol. The Morgan fingerprint density at radius 1 is 1.11 bits per heavy atom. The molecule has 2 aromatic carbocycles. The van der Waals surface area contributed by atoms with Gasteiger partial charge in [0.05, 0.1) is 6.10 Å². The fraction of sp³-hybridized carbons (Fsp3) is 0.467. The molecule has 0 radical (unpaired) electrons. The van der Waals surface area contributed by atoms with Crippen molar-refractivity contribution in [2.24, 2.45) is 22.6 Å². The van der Waals surface area contributed by atoms with Crippen molar-refractivity contribution >= 4 is 17.3 Å². The molecular weight excluding hydrogens is 453 g/mol. The maximum Gasteiger partial charge on any atom is 0.230 e. The van der Waals surface area contributed by atoms with E-state index in [0.29, 0.717) is 13.0 Å². The number of hydrogen-bond acceptors (Lipinski definition) is 4. The van der Waals surface area contributed by atoms with E-state index in [1.54, 1.807) is 0 Å². The van der Waals surface area contributed by atoms with Gasteiger partial charge in [-0.15, -0.1) is 0 Å². The molecule has 2 saturated carbocycles. The third kappa shape index (κ3) is 5.54. The first-order valence-corrected chi connectivity index (χ1v) is 13.2. The van der Waals surface area contributed by atoms with Crippen molar-refractivity contribution in [3.63, 3.8) is 0 Å². The Bertz CT molecular complexity index is 1150. The molecule has 1 amide bonds. The minimum atomic E-state index is -0.419. The lowest BCUT2D eigenvalue weighted by Gasteiger charge is -2.33. The van der Waals surface area contributed by atoms with Gasteiger partial charge in [-0.2, -0.15) is 4.39 Å². The maximum atomic E-state index is 13.7. The third-order valence-corrected chi connectivity index (χ3v) is 7.58. The lowest BCUT2D eigenvalue weighted by Crippen LogP contribution is -2.51. The standard InChI is InChI=1S/C30H36FN3O2/c1-20(2)36-24-14-10-22(11-15-24)21-8-12-23(13-9-21)34(19-30(32)16-3-4-17-30)29(35)26-18-25(26)27-6-5-7-28(31)33-27/h7-15,20,25-26H,3-6,16-19,32H2,1-2H3/t25-,26-/m0/s1. The molecule has 0 bridgehead atoms. The van der Waals surface area contributed by atoms with Gasteiger partial charge in [0.25, 0.3) is 0 Å². The highest BCUT2D eigenvalue weighted by atomic mass is 19.1. The number of allylic oxidation sites excluding steroid dienone is 1. The molecule has 6 heteroatoms. The molecule has 3 aliphatic rings. The van der Waals surface area contributed by atoms with Crippen molar-refractivity contribution in [1.29, 1.82) is 0 Å². The lowest BCUT2D eigenvalue weighted by atomic mass is 9.97. The first kappa shape index (κ1) is 24.7. The van der Waals surface area contributed by atoms with Crippen LogP contribution >= 0.6 is 0 Å². The number of ether oxygens (including phenoxy) is 1. The van der Waals surface area contributed by atoms with Crippen LogP contribution in [-0.2, 0) is 4.79 Å². The zero-order valence-corrected chi connectivity index (χ0v) is 21.3. The Kier molecular flexibility index (Phi) is 6.98. The Morgan fingerprint density at radius 2 is 1.75 bits per heavy atom. The Balaban J connectivity index is 1.35. The van der Waals surface area contributed by atoms with E-state index in [1.807, 2.05) is 43.0 Å². The molecule has 5 rings (SSSR count). The number of halogens is 1. The maximum absolute atomic E-state index is 13.7. The van der Waals surface area contributed by atoms with E-state index in [9.17, 15) is 9.18 Å². The summed E-state index contributed by atoms with van der Waals surface area (Å²) in [7, 11) is 0. The van der Waals surface area contributed by atoms with Crippen LogP contribution in [0.3, 0.4) is 0 Å². The van der Waals surface area contributed by atoms with E-state index in [2.05, 4.69) is 29.3 Å². The molecule has 2 N–H and O–H groups in total. The fourth-order valence-corrected chi connectivity index (χ4v) is 5.56. The quantitative estimate of drug-likeness (QED) is 0.435. The second-order valence-electron chi connectivity index (χ2n) is 10.8. The van der Waals surface area contributed by atoms with Gasteiger partial charge < -0.3 is 15.4 Å². The first-order chi connectivity index (χ1) is 17.3. The zero-order valence-electron chi connectivity index (χ0n) is 21.3. The molecule has 2 fully saturated rings. The summed E-state index contributed by atoms with van der Waals surface area (Å²) in [4.78, 5) is 19.7. The molecule has 5 nitrogen and oxygen atoms in total. The largest absolute Gasteiger partial charge is 0.491 e. The van der Waals surface area contributed by atoms with Crippen LogP contribution in [0, 0.1) is 11.8 Å². The van der Waals surface area contributed by atoms with E-state index in [0.717, 1.165) is 66.8 Å². The normalized spacial score (nSPS) is 22.7. The summed E-state index contributed by atoms with van der Waals surface area (Å²) >= 11 is 0. The van der Waals surface area contributed by atoms with Crippen molar-refractivity contribution in [3.05, 3.63) is 60.6 Å². The molecule has 0 unspecified atom stereocenters. The number of aliphatic imine (C=N–C) groups is 1. The second-order valence-corrected chi connectivity index (χ2v) is 10.8. The molecule has 0 aromatic heterocycles. The Labute approximate surface area is 213 Å². The van der Waals surface area contributed by atoms with Crippen molar-refractivity contribution in [3.8, 4) is 16.9 Å². The third-order valence-electron chi connectivity index (χ3n) is 7.58. The highest BCUT2D eigenvalue weighted by molar-refractivity contribution is 6.03. The number of hydrogen-bond donors (Lipinski definition) is 1. The molecular formula is C30H36FN3O2. The first-order valence-electron chi connectivity index (χ1n) is 13.2. The zero-order chi connectivity index (χ0) is 25.3. The van der Waals surface area contributed by atoms with E-state index >= 15 is 0 Å². The number of rotatable bonds is 8. The van der Waals surface area contributed by atoms with Crippen LogP contribution in [0.15, 0.2) is 65.6 Å². The molecule has 2 atom stereocenters. The van der Waals surface area contributed by atoms with E-state index in [4.69, 9.17) is 10.5 Å². The van der Waals surface area contributed by atoms with Gasteiger partial charge in [0, 0.05) is 35.3 Å². The highest BCUT2D eigenvalue weighted by Gasteiger charge is 2.49. The van der Waals surface area contributed by atoms with Gasteiger partial charge in [0.2, 0.25) is 11.9 Å². The lowest BCUT2D eigenvalue weighted by molar-refractivity contribution is -0.120. The molecule has 1 heterocycles. The number of nitrogens with two attached hydrogens (primary N) is 1. The van der Waals surface area contributed by atoms with Gasteiger partial charge in [-0.1, -0.05) is 37.1 Å². The van der Waals surface area contributed by atoms with Gasteiger partial charge in [0.15, 0.2) is 0 Å². The van der Waals surface area contributed by atoms with Gasteiger partial charge in [-0.25, -0.2) is 4.99 Å². The van der Waals surface area contributed by atoms with Crippen molar-refractivity contribution in [2.75, 3.05) is 11.4 Å². The molecule has 1 aliphatic heterocycles. The molecule has 2 aliphatic carbocycles. The number of nitrogens with zero attached hydrogens (tertiary/aromatic N) is 2. The smallest absolute Gasteiger partial charge is 0.230 e. The molecule has 0 saturated heterocycles. The van der Waals surface area contributed by atoms with E-state index in [1.165, 1.54) is 6.08 Å². The number of anilines is 1. The predicted octanol–water partition coefficient (Wildman–Crippen LogP) is 6.43. The van der Waals surface area contributed by atoms with Crippen LogP contribution in [0.4, 0.5) is 10.1 Å². The van der Waals surface area contributed by atoms with Gasteiger partial charge in [-0.05, 0) is 87.4 Å². The molecule has 190 valence electrons. The van der Waals surface area contributed by atoms with Crippen LogP contribution in [0.2, 0.25) is 0 Å². The average Bonchev–Trinajstić information content (AvgIpc) is 3.56. The van der Waals surface area contributed by atoms with Crippen LogP contribution in [0.1, 0.15) is 58.8 Å². The van der Waals surface area contributed by atoms with Crippen molar-refractivity contribution < 1.29 is 13.9 Å². The number of carbonyl (C=O) groups excluding carboxylic acids is 1. The summed E-state index contributed by atoms with van der Waals surface area (Å²) in [6.07, 6.45) is 7.83. The van der Waals surface area contributed by atoms with E-state index in [-0.39, 0.29) is 29.4 Å². The summed E-state index contributed by atoms with van der Waals surface area (Å²) in [6.45, 7) is 4.54. The SMILES string of the molecule is CC(C)Oc1ccc(-c2ccc(N(CC3(N)CCCC3)C(=O)[C@H]3C[C@@H]3C3=NC(F)=CCC3)cc2)cc1.